The molecule has 0 saturated carbocycles. The highest BCUT2D eigenvalue weighted by atomic mass is 35.5. The summed E-state index contributed by atoms with van der Waals surface area (Å²) in [6.45, 7) is 0.642. The molecule has 0 spiro atoms. The Kier molecular flexibility index (Phi) is 4.38. The summed E-state index contributed by atoms with van der Waals surface area (Å²) in [5, 5.41) is 14.5. The molecule has 0 bridgehead atoms. The second-order valence-corrected chi connectivity index (χ2v) is 6.04. The van der Waals surface area contributed by atoms with Gasteiger partial charge in [-0.25, -0.2) is 4.68 Å². The molecule has 1 saturated heterocycles. The first kappa shape index (κ1) is 15.3. The molecule has 22 heavy (non-hydrogen) atoms. The molecule has 2 heterocycles. The second-order valence-electron chi connectivity index (χ2n) is 5.22. The number of aliphatic hydroxyl groups is 1. The predicted octanol–water partition coefficient (Wildman–Crippen LogP) is 2.78. The normalized spacial score (nSPS) is 18.0. The number of carbonyl (C=O) groups is 1. The molecule has 0 unspecified atom stereocenters. The van der Waals surface area contributed by atoms with E-state index >= 15 is 0 Å². The number of nitrogens with zero attached hydrogens (tertiary/aromatic N) is 3. The molecular formula is C15H15Cl2N3O2. The standard InChI is InChI=1S/C15H15Cl2N3O2/c16-12-4-3-10(8-13(12)17)20-7-5-14(18-20)15(22)19-6-1-2-11(19)9-21/h3-5,7-8,11,21H,1-2,6,9H2/t11-/m1/s1. The van der Waals surface area contributed by atoms with E-state index < -0.39 is 0 Å². The molecule has 116 valence electrons. The molecule has 1 amide bonds. The predicted molar refractivity (Wildman–Crippen MR) is 84.7 cm³/mol. The lowest BCUT2D eigenvalue weighted by atomic mass is 10.2. The van der Waals surface area contributed by atoms with Gasteiger partial charge >= 0.3 is 0 Å². The Morgan fingerprint density at radius 3 is 2.86 bits per heavy atom. The van der Waals surface area contributed by atoms with Crippen LogP contribution in [0.4, 0.5) is 0 Å². The van der Waals surface area contributed by atoms with Gasteiger partial charge in [0, 0.05) is 12.7 Å². The van der Waals surface area contributed by atoms with Gasteiger partial charge in [-0.15, -0.1) is 0 Å². The van der Waals surface area contributed by atoms with Crippen LogP contribution in [0.15, 0.2) is 30.5 Å². The highest BCUT2D eigenvalue weighted by Gasteiger charge is 2.29. The maximum absolute atomic E-state index is 12.5. The lowest BCUT2D eigenvalue weighted by Crippen LogP contribution is -2.37. The highest BCUT2D eigenvalue weighted by Crippen LogP contribution is 2.24. The molecule has 1 aromatic heterocycles. The molecule has 3 rings (SSSR count). The summed E-state index contributed by atoms with van der Waals surface area (Å²) >= 11 is 11.9. The Bertz CT molecular complexity index is 702. The number of aliphatic hydroxyl groups excluding tert-OH is 1. The summed E-state index contributed by atoms with van der Waals surface area (Å²) in [7, 11) is 0. The van der Waals surface area contributed by atoms with E-state index in [0.29, 0.717) is 22.3 Å². The van der Waals surface area contributed by atoms with Crippen LogP contribution in [0.1, 0.15) is 23.3 Å². The fourth-order valence-electron chi connectivity index (χ4n) is 2.65. The van der Waals surface area contributed by atoms with Gasteiger partial charge in [0.05, 0.1) is 28.4 Å². The number of rotatable bonds is 3. The van der Waals surface area contributed by atoms with Crippen molar-refractivity contribution < 1.29 is 9.90 Å². The maximum atomic E-state index is 12.5. The largest absolute Gasteiger partial charge is 0.394 e. The molecule has 0 radical (unpaired) electrons. The van der Waals surface area contributed by atoms with Crippen molar-refractivity contribution >= 4 is 29.1 Å². The third-order valence-electron chi connectivity index (χ3n) is 3.82. The monoisotopic (exact) mass is 339 g/mol. The van der Waals surface area contributed by atoms with Gasteiger partial charge in [0.25, 0.3) is 5.91 Å². The molecule has 1 N–H and O–H groups in total. The number of hydrogen-bond donors (Lipinski definition) is 1. The van der Waals surface area contributed by atoms with Gasteiger partial charge in [-0.3, -0.25) is 4.79 Å². The van der Waals surface area contributed by atoms with E-state index in [1.807, 2.05) is 0 Å². The van der Waals surface area contributed by atoms with E-state index in [0.717, 1.165) is 18.5 Å². The van der Waals surface area contributed by atoms with Crippen LogP contribution in [0, 0.1) is 0 Å². The Balaban J connectivity index is 1.84. The van der Waals surface area contributed by atoms with E-state index in [-0.39, 0.29) is 18.6 Å². The average Bonchev–Trinajstić information content (AvgIpc) is 3.17. The molecule has 2 aromatic rings. The van der Waals surface area contributed by atoms with E-state index in [9.17, 15) is 9.90 Å². The molecular weight excluding hydrogens is 325 g/mol. The van der Waals surface area contributed by atoms with E-state index in [2.05, 4.69) is 5.10 Å². The number of halogens is 2. The summed E-state index contributed by atoms with van der Waals surface area (Å²) in [4.78, 5) is 14.2. The molecule has 1 aliphatic heterocycles. The Labute approximate surface area is 138 Å². The van der Waals surface area contributed by atoms with Gasteiger partial charge in [-0.2, -0.15) is 5.10 Å². The lowest BCUT2D eigenvalue weighted by molar-refractivity contribution is 0.0671. The highest BCUT2D eigenvalue weighted by molar-refractivity contribution is 6.42. The fourth-order valence-corrected chi connectivity index (χ4v) is 2.94. The summed E-state index contributed by atoms with van der Waals surface area (Å²) < 4.78 is 1.58. The first-order valence-corrected chi connectivity index (χ1v) is 7.78. The minimum Gasteiger partial charge on any atom is -0.394 e. The first-order valence-electron chi connectivity index (χ1n) is 7.03. The van der Waals surface area contributed by atoms with Crippen LogP contribution in [0.25, 0.3) is 5.69 Å². The minimum atomic E-state index is -0.157. The van der Waals surface area contributed by atoms with Crippen molar-refractivity contribution in [1.82, 2.24) is 14.7 Å². The van der Waals surface area contributed by atoms with Gasteiger partial charge < -0.3 is 10.0 Å². The number of aromatic nitrogens is 2. The van der Waals surface area contributed by atoms with E-state index in [4.69, 9.17) is 23.2 Å². The lowest BCUT2D eigenvalue weighted by Gasteiger charge is -2.21. The summed E-state index contributed by atoms with van der Waals surface area (Å²) in [6.07, 6.45) is 3.44. The Morgan fingerprint density at radius 1 is 1.32 bits per heavy atom. The number of carbonyl (C=O) groups excluding carboxylic acids is 1. The molecule has 1 atom stereocenters. The van der Waals surface area contributed by atoms with Crippen LogP contribution in [-0.2, 0) is 0 Å². The fraction of sp³-hybridized carbons (Fsp3) is 0.333. The topological polar surface area (TPSA) is 58.4 Å². The first-order chi connectivity index (χ1) is 10.6. The number of benzene rings is 1. The molecule has 1 aromatic carbocycles. The molecule has 5 nitrogen and oxygen atoms in total. The van der Waals surface area contributed by atoms with Crippen molar-refractivity contribution in [2.75, 3.05) is 13.2 Å². The van der Waals surface area contributed by atoms with Gasteiger partial charge in [0.15, 0.2) is 5.69 Å². The van der Waals surface area contributed by atoms with Crippen LogP contribution in [0.5, 0.6) is 0 Å². The van der Waals surface area contributed by atoms with Crippen molar-refractivity contribution in [3.8, 4) is 5.69 Å². The van der Waals surface area contributed by atoms with Crippen LogP contribution < -0.4 is 0 Å². The Hall–Kier alpha value is -1.56. The quantitative estimate of drug-likeness (QED) is 0.935. The molecule has 1 fully saturated rings. The SMILES string of the molecule is O=C(c1ccn(-c2ccc(Cl)c(Cl)c2)n1)N1CCC[C@@H]1CO. The van der Waals surface area contributed by atoms with Crippen molar-refractivity contribution in [2.24, 2.45) is 0 Å². The van der Waals surface area contributed by atoms with Crippen LogP contribution in [0.2, 0.25) is 10.0 Å². The number of amides is 1. The zero-order chi connectivity index (χ0) is 15.7. The van der Waals surface area contributed by atoms with Gasteiger partial charge in [-0.1, -0.05) is 23.2 Å². The molecule has 0 aliphatic carbocycles. The smallest absolute Gasteiger partial charge is 0.274 e. The van der Waals surface area contributed by atoms with Crippen molar-refractivity contribution in [1.29, 1.82) is 0 Å². The molecule has 7 heteroatoms. The number of likely N-dealkylation sites (tertiary alicyclic amines) is 1. The summed E-state index contributed by atoms with van der Waals surface area (Å²) in [5.41, 5.74) is 1.08. The third kappa shape index (κ3) is 2.84. The van der Waals surface area contributed by atoms with Crippen LogP contribution in [0.3, 0.4) is 0 Å². The second kappa shape index (κ2) is 6.28. The van der Waals surface area contributed by atoms with Gasteiger partial charge in [0.1, 0.15) is 0 Å². The van der Waals surface area contributed by atoms with Gasteiger partial charge in [-0.05, 0) is 37.1 Å². The van der Waals surface area contributed by atoms with E-state index in [1.165, 1.54) is 0 Å². The summed E-state index contributed by atoms with van der Waals surface area (Å²) in [6, 6.07) is 6.71. The zero-order valence-electron chi connectivity index (χ0n) is 11.7. The van der Waals surface area contributed by atoms with Gasteiger partial charge in [0.2, 0.25) is 0 Å². The third-order valence-corrected chi connectivity index (χ3v) is 4.56. The van der Waals surface area contributed by atoms with Crippen molar-refractivity contribution in [3.05, 3.63) is 46.2 Å². The van der Waals surface area contributed by atoms with Crippen LogP contribution in [-0.4, -0.2) is 44.9 Å². The van der Waals surface area contributed by atoms with Crippen LogP contribution >= 0.6 is 23.2 Å². The number of hydrogen-bond acceptors (Lipinski definition) is 3. The zero-order valence-corrected chi connectivity index (χ0v) is 13.3. The average molecular weight is 340 g/mol. The summed E-state index contributed by atoms with van der Waals surface area (Å²) in [5.74, 6) is -0.157. The van der Waals surface area contributed by atoms with E-state index in [1.54, 1.807) is 40.0 Å². The van der Waals surface area contributed by atoms with Crippen molar-refractivity contribution in [3.63, 3.8) is 0 Å². The Morgan fingerprint density at radius 2 is 2.14 bits per heavy atom. The molecule has 1 aliphatic rings. The maximum Gasteiger partial charge on any atom is 0.274 e. The minimum absolute atomic E-state index is 0.0146. The van der Waals surface area contributed by atoms with Crippen molar-refractivity contribution in [2.45, 2.75) is 18.9 Å².